The van der Waals surface area contributed by atoms with E-state index in [1.165, 1.54) is 27.0 Å². The zero-order valence-corrected chi connectivity index (χ0v) is 16.1. The third kappa shape index (κ3) is 3.33. The molecule has 2 aromatic heterocycles. The molecule has 3 rings (SSSR count). The minimum atomic E-state index is -1.53. The molecule has 150 valence electrons. The van der Waals surface area contributed by atoms with E-state index in [-0.39, 0.29) is 18.9 Å². The maximum atomic E-state index is 12.8. The summed E-state index contributed by atoms with van der Waals surface area (Å²) >= 11 is 0. The first-order valence-corrected chi connectivity index (χ1v) is 8.91. The molecule has 28 heavy (non-hydrogen) atoms. The number of esters is 2. The third-order valence-electron chi connectivity index (χ3n) is 4.72. The Morgan fingerprint density at radius 3 is 2.64 bits per heavy atom. The molecule has 0 unspecified atom stereocenters. The number of hydrogen-bond acceptors (Lipinski definition) is 8. The molecule has 0 radical (unpaired) electrons. The zero-order chi connectivity index (χ0) is 20.6. The Hall–Kier alpha value is -2.94. The maximum Gasteiger partial charge on any atom is 0.312 e. The van der Waals surface area contributed by atoms with E-state index in [4.69, 9.17) is 13.9 Å². The summed E-state index contributed by atoms with van der Waals surface area (Å²) in [5.41, 5.74) is -0.830. The monoisotopic (exact) mass is 390 g/mol. The molecule has 1 aliphatic rings. The molecule has 9 heteroatoms. The predicted octanol–water partition coefficient (Wildman–Crippen LogP) is 1.68. The minimum Gasteiger partial charge on any atom is -0.469 e. The van der Waals surface area contributed by atoms with Crippen molar-refractivity contribution in [1.29, 1.82) is 0 Å². The number of aliphatic hydroxyl groups is 1. The van der Waals surface area contributed by atoms with Gasteiger partial charge in [0.25, 0.3) is 0 Å². The molecule has 0 saturated carbocycles. The topological polar surface area (TPSA) is 121 Å². The van der Waals surface area contributed by atoms with E-state index < -0.39 is 35.3 Å². The van der Waals surface area contributed by atoms with Crippen LogP contribution in [0.3, 0.4) is 0 Å². The standard InChI is InChI=1S/C19H22N2O7/c1-5-26-18(24)16-15(13-7-6-8-27-13)14-12(9-19(16,4)25)20-21(10(2)22)17(14)28-11(3)23/h6-8,15-16,25H,5,9H2,1-4H3/t15-,16-,19+/m1/s1. The number of furan rings is 1. The average Bonchev–Trinajstić information content (AvgIpc) is 3.21. The number of hydrogen-bond donors (Lipinski definition) is 1. The lowest BCUT2D eigenvalue weighted by molar-refractivity contribution is -0.159. The van der Waals surface area contributed by atoms with Gasteiger partial charge in [0.1, 0.15) is 5.76 Å². The van der Waals surface area contributed by atoms with Crippen molar-refractivity contribution in [1.82, 2.24) is 9.78 Å². The molecule has 1 N–H and O–H groups in total. The Morgan fingerprint density at radius 2 is 2.11 bits per heavy atom. The van der Waals surface area contributed by atoms with Crippen molar-refractivity contribution in [3.8, 4) is 5.88 Å². The fraction of sp³-hybridized carbons (Fsp3) is 0.474. The van der Waals surface area contributed by atoms with Gasteiger partial charge in [0.05, 0.1) is 36.0 Å². The number of rotatable bonds is 4. The van der Waals surface area contributed by atoms with Crippen molar-refractivity contribution in [2.75, 3.05) is 6.61 Å². The van der Waals surface area contributed by atoms with E-state index in [1.807, 2.05) is 0 Å². The molecular weight excluding hydrogens is 368 g/mol. The van der Waals surface area contributed by atoms with E-state index in [1.54, 1.807) is 19.1 Å². The van der Waals surface area contributed by atoms with Gasteiger partial charge in [0.2, 0.25) is 11.8 Å². The van der Waals surface area contributed by atoms with Crippen molar-refractivity contribution in [2.45, 2.75) is 45.6 Å². The van der Waals surface area contributed by atoms with Crippen molar-refractivity contribution in [3.05, 3.63) is 35.4 Å². The van der Waals surface area contributed by atoms with Gasteiger partial charge in [0.15, 0.2) is 0 Å². The number of carbonyl (C=O) groups excluding carboxylic acids is 3. The second-order valence-corrected chi connectivity index (χ2v) is 6.95. The van der Waals surface area contributed by atoms with Crippen LogP contribution >= 0.6 is 0 Å². The maximum absolute atomic E-state index is 12.8. The highest BCUT2D eigenvalue weighted by Gasteiger charge is 2.53. The molecule has 0 spiro atoms. The van der Waals surface area contributed by atoms with Crippen LogP contribution in [0.1, 0.15) is 55.4 Å². The van der Waals surface area contributed by atoms with E-state index in [0.717, 1.165) is 4.68 Å². The Balaban J connectivity index is 2.29. The first-order valence-electron chi connectivity index (χ1n) is 8.91. The van der Waals surface area contributed by atoms with Crippen molar-refractivity contribution >= 4 is 17.8 Å². The first kappa shape index (κ1) is 19.8. The second-order valence-electron chi connectivity index (χ2n) is 6.95. The second kappa shape index (κ2) is 7.23. The summed E-state index contributed by atoms with van der Waals surface area (Å²) in [7, 11) is 0. The number of carbonyl (C=O) groups is 3. The van der Waals surface area contributed by atoms with Gasteiger partial charge in [-0.1, -0.05) is 0 Å². The van der Waals surface area contributed by atoms with Gasteiger partial charge < -0.3 is 19.0 Å². The molecule has 2 aromatic rings. The number of fused-ring (bicyclic) bond motifs is 1. The highest BCUT2D eigenvalue weighted by molar-refractivity contribution is 5.81. The van der Waals surface area contributed by atoms with Crippen LogP contribution in [0.5, 0.6) is 5.88 Å². The molecule has 0 aromatic carbocycles. The highest BCUT2D eigenvalue weighted by Crippen LogP contribution is 2.49. The van der Waals surface area contributed by atoms with Crippen LogP contribution in [0.4, 0.5) is 0 Å². The molecule has 9 nitrogen and oxygen atoms in total. The van der Waals surface area contributed by atoms with E-state index in [2.05, 4.69) is 5.10 Å². The van der Waals surface area contributed by atoms with Crippen LogP contribution in [0.2, 0.25) is 0 Å². The van der Waals surface area contributed by atoms with E-state index >= 15 is 0 Å². The van der Waals surface area contributed by atoms with Gasteiger partial charge in [0, 0.05) is 25.8 Å². The predicted molar refractivity (Wildman–Crippen MR) is 94.8 cm³/mol. The minimum absolute atomic E-state index is 0.0302. The van der Waals surface area contributed by atoms with E-state index in [0.29, 0.717) is 17.0 Å². The Labute approximate surface area is 161 Å². The number of aromatic nitrogens is 2. The van der Waals surface area contributed by atoms with Crippen LogP contribution in [-0.2, 0) is 20.7 Å². The summed E-state index contributed by atoms with van der Waals surface area (Å²) in [6, 6.07) is 3.28. The molecule has 0 fully saturated rings. The summed E-state index contributed by atoms with van der Waals surface area (Å²) in [6.45, 7) is 5.78. The molecule has 0 amide bonds. The van der Waals surface area contributed by atoms with Crippen LogP contribution in [0.25, 0.3) is 0 Å². The number of nitrogens with zero attached hydrogens (tertiary/aromatic N) is 2. The SMILES string of the molecule is CCOC(=O)[C@H]1[C@H](c2ccco2)c2c(nn(C(C)=O)c2OC(C)=O)C[C@]1(C)O. The number of ether oxygens (including phenoxy) is 2. The molecular formula is C19H22N2O7. The van der Waals surface area contributed by atoms with Gasteiger partial charge in [-0.3, -0.25) is 14.4 Å². The summed E-state index contributed by atoms with van der Waals surface area (Å²) in [6.07, 6.45) is 1.40. The van der Waals surface area contributed by atoms with Crippen molar-refractivity contribution in [2.24, 2.45) is 5.92 Å². The van der Waals surface area contributed by atoms with Gasteiger partial charge in [-0.2, -0.15) is 9.78 Å². The average molecular weight is 390 g/mol. The molecule has 3 atom stereocenters. The first-order chi connectivity index (χ1) is 13.2. The van der Waals surface area contributed by atoms with Crippen LogP contribution in [-0.4, -0.2) is 44.9 Å². The Bertz CT molecular complexity index is 911. The summed E-state index contributed by atoms with van der Waals surface area (Å²) in [5.74, 6) is -3.37. The molecule has 2 heterocycles. The molecule has 0 saturated heterocycles. The fourth-order valence-corrected chi connectivity index (χ4v) is 3.72. The Kier molecular flexibility index (Phi) is 5.12. The largest absolute Gasteiger partial charge is 0.469 e. The Morgan fingerprint density at radius 1 is 1.39 bits per heavy atom. The van der Waals surface area contributed by atoms with Crippen LogP contribution < -0.4 is 4.74 Å². The fourth-order valence-electron chi connectivity index (χ4n) is 3.72. The lowest BCUT2D eigenvalue weighted by atomic mass is 9.68. The third-order valence-corrected chi connectivity index (χ3v) is 4.72. The quantitative estimate of drug-likeness (QED) is 0.783. The van der Waals surface area contributed by atoms with Crippen LogP contribution in [0, 0.1) is 5.92 Å². The normalized spacial score (nSPS) is 23.8. The van der Waals surface area contributed by atoms with Crippen molar-refractivity contribution in [3.63, 3.8) is 0 Å². The van der Waals surface area contributed by atoms with Gasteiger partial charge in [-0.15, -0.1) is 0 Å². The highest BCUT2D eigenvalue weighted by atomic mass is 16.5. The lowest BCUT2D eigenvalue weighted by Gasteiger charge is -2.39. The zero-order valence-electron chi connectivity index (χ0n) is 16.1. The molecule has 1 aliphatic carbocycles. The summed E-state index contributed by atoms with van der Waals surface area (Å²) in [4.78, 5) is 36.5. The lowest BCUT2D eigenvalue weighted by Crippen LogP contribution is -2.49. The van der Waals surface area contributed by atoms with Gasteiger partial charge >= 0.3 is 11.9 Å². The molecule has 0 aliphatic heterocycles. The summed E-state index contributed by atoms with van der Waals surface area (Å²) in [5, 5.41) is 15.3. The van der Waals surface area contributed by atoms with Crippen LogP contribution in [0.15, 0.2) is 22.8 Å². The summed E-state index contributed by atoms with van der Waals surface area (Å²) < 4.78 is 17.0. The van der Waals surface area contributed by atoms with Gasteiger partial charge in [-0.05, 0) is 26.0 Å². The molecule has 0 bridgehead atoms. The smallest absolute Gasteiger partial charge is 0.312 e. The van der Waals surface area contributed by atoms with E-state index in [9.17, 15) is 19.5 Å². The van der Waals surface area contributed by atoms with Crippen molar-refractivity contribution < 1.29 is 33.4 Å². The van der Waals surface area contributed by atoms with Gasteiger partial charge in [-0.25, -0.2) is 0 Å².